The highest BCUT2D eigenvalue weighted by molar-refractivity contribution is 5.88. The van der Waals surface area contributed by atoms with Crippen LogP contribution in [0.25, 0.3) is 11.3 Å². The van der Waals surface area contributed by atoms with Crippen molar-refractivity contribution in [1.82, 2.24) is 15.5 Å². The topological polar surface area (TPSA) is 87.1 Å². The van der Waals surface area contributed by atoms with Crippen molar-refractivity contribution in [1.29, 1.82) is 0 Å². The minimum atomic E-state index is -0.394. The first-order valence-electron chi connectivity index (χ1n) is 8.39. The van der Waals surface area contributed by atoms with Gasteiger partial charge < -0.3 is 10.4 Å². The average molecular weight is 348 g/mol. The number of nitrogens with one attached hydrogen (secondary N) is 2. The first-order valence-corrected chi connectivity index (χ1v) is 8.39. The summed E-state index contributed by atoms with van der Waals surface area (Å²) in [5.41, 5.74) is 2.63. The molecule has 2 aromatic carbocycles. The van der Waals surface area contributed by atoms with E-state index in [1.807, 2.05) is 60.7 Å². The molecule has 6 heteroatoms. The highest BCUT2D eigenvalue weighted by atomic mass is 16.3. The van der Waals surface area contributed by atoms with Gasteiger partial charge in [0.25, 0.3) is 0 Å². The minimum Gasteiger partial charge on any atom is -0.396 e. The molecule has 0 aliphatic heterocycles. The third kappa shape index (κ3) is 4.64. The van der Waals surface area contributed by atoms with Gasteiger partial charge in [-0.2, -0.15) is 0 Å². The Morgan fingerprint density at radius 1 is 0.923 bits per heavy atom. The molecule has 6 nitrogen and oxygen atoms in total. The lowest BCUT2D eigenvalue weighted by Crippen LogP contribution is -2.33. The zero-order valence-electron chi connectivity index (χ0n) is 14.2. The Labute approximate surface area is 151 Å². The summed E-state index contributed by atoms with van der Waals surface area (Å²) in [6.45, 7) is -0.0224. The molecule has 132 valence electrons. The molecule has 0 aliphatic carbocycles. The lowest BCUT2D eigenvalue weighted by Gasteiger charge is -2.18. The number of anilines is 1. The van der Waals surface area contributed by atoms with E-state index in [4.69, 9.17) is 0 Å². The molecular weight excluding hydrogens is 328 g/mol. The molecular formula is C20H20N4O2. The molecule has 0 spiro atoms. The third-order valence-electron chi connectivity index (χ3n) is 3.90. The number of aliphatic hydroxyl groups excluding tert-OH is 1. The van der Waals surface area contributed by atoms with Crippen molar-refractivity contribution in [2.75, 3.05) is 11.9 Å². The Bertz CT molecular complexity index is 823. The summed E-state index contributed by atoms with van der Waals surface area (Å²) in [4.78, 5) is 12.3. The van der Waals surface area contributed by atoms with Crippen LogP contribution in [0.5, 0.6) is 0 Å². The quantitative estimate of drug-likeness (QED) is 0.637. The Morgan fingerprint density at radius 3 is 2.23 bits per heavy atom. The van der Waals surface area contributed by atoms with E-state index in [0.29, 0.717) is 12.2 Å². The maximum Gasteiger partial charge on any atom is 0.320 e. The Hall–Kier alpha value is -3.25. The van der Waals surface area contributed by atoms with Gasteiger partial charge in [0, 0.05) is 12.2 Å². The van der Waals surface area contributed by atoms with E-state index in [-0.39, 0.29) is 12.6 Å². The fourth-order valence-electron chi connectivity index (χ4n) is 2.61. The highest BCUT2D eigenvalue weighted by Gasteiger charge is 2.14. The molecule has 3 N–H and O–H groups in total. The number of amides is 2. The Morgan fingerprint density at radius 2 is 1.62 bits per heavy atom. The fraction of sp³-hybridized carbons (Fsp3) is 0.150. The average Bonchev–Trinajstić information content (AvgIpc) is 2.69. The third-order valence-corrected chi connectivity index (χ3v) is 3.90. The number of carbonyl (C=O) groups excluding carboxylic acids is 1. The number of benzene rings is 2. The van der Waals surface area contributed by atoms with Crippen LogP contribution in [0.4, 0.5) is 10.6 Å². The van der Waals surface area contributed by atoms with Gasteiger partial charge in [0.05, 0.1) is 11.7 Å². The molecule has 0 saturated heterocycles. The maximum atomic E-state index is 12.3. The van der Waals surface area contributed by atoms with E-state index in [1.54, 1.807) is 12.1 Å². The van der Waals surface area contributed by atoms with Crippen molar-refractivity contribution in [2.24, 2.45) is 0 Å². The largest absolute Gasteiger partial charge is 0.396 e. The number of rotatable bonds is 6. The van der Waals surface area contributed by atoms with E-state index < -0.39 is 6.03 Å². The second-order valence-electron chi connectivity index (χ2n) is 5.74. The van der Waals surface area contributed by atoms with Gasteiger partial charge in [0.15, 0.2) is 5.82 Å². The zero-order chi connectivity index (χ0) is 18.2. The molecule has 0 radical (unpaired) electrons. The van der Waals surface area contributed by atoms with Crippen molar-refractivity contribution < 1.29 is 9.90 Å². The van der Waals surface area contributed by atoms with Crippen LogP contribution < -0.4 is 10.6 Å². The lowest BCUT2D eigenvalue weighted by molar-refractivity contribution is 0.239. The first-order chi connectivity index (χ1) is 12.8. The molecule has 1 aromatic heterocycles. The van der Waals surface area contributed by atoms with Gasteiger partial charge in [-0.1, -0.05) is 60.7 Å². The van der Waals surface area contributed by atoms with Crippen molar-refractivity contribution in [3.8, 4) is 11.3 Å². The summed E-state index contributed by atoms with van der Waals surface area (Å²) in [7, 11) is 0. The molecule has 0 unspecified atom stereocenters. The smallest absolute Gasteiger partial charge is 0.320 e. The predicted octanol–water partition coefficient (Wildman–Crippen LogP) is 3.39. The van der Waals surface area contributed by atoms with Crippen LogP contribution in [-0.4, -0.2) is 27.9 Å². The van der Waals surface area contributed by atoms with E-state index in [9.17, 15) is 9.90 Å². The number of aliphatic hydroxyl groups is 1. The van der Waals surface area contributed by atoms with Gasteiger partial charge in [-0.15, -0.1) is 10.2 Å². The molecule has 0 fully saturated rings. The lowest BCUT2D eigenvalue weighted by atomic mass is 10.0. The molecule has 0 saturated carbocycles. The normalized spacial score (nSPS) is 11.6. The fourth-order valence-corrected chi connectivity index (χ4v) is 2.61. The van der Waals surface area contributed by atoms with E-state index >= 15 is 0 Å². The molecule has 26 heavy (non-hydrogen) atoms. The van der Waals surface area contributed by atoms with E-state index in [2.05, 4.69) is 20.8 Å². The maximum absolute atomic E-state index is 12.3. The summed E-state index contributed by atoms with van der Waals surface area (Å²) in [5, 5.41) is 23.0. The Kier molecular flexibility index (Phi) is 5.90. The summed E-state index contributed by atoms with van der Waals surface area (Å²) >= 11 is 0. The summed E-state index contributed by atoms with van der Waals surface area (Å²) < 4.78 is 0. The molecule has 0 aliphatic rings. The number of nitrogens with zero attached hydrogens (tertiary/aromatic N) is 2. The molecule has 1 heterocycles. The van der Waals surface area contributed by atoms with Crippen molar-refractivity contribution >= 4 is 11.8 Å². The van der Waals surface area contributed by atoms with Gasteiger partial charge in [-0.05, 0) is 24.1 Å². The number of hydrogen-bond donors (Lipinski definition) is 3. The van der Waals surface area contributed by atoms with Gasteiger partial charge in [0.2, 0.25) is 0 Å². The standard InChI is InChI=1S/C20H20N4O2/c25-14-13-17(15-7-3-1-4-8-15)21-20(26)22-19-12-11-18(23-24-19)16-9-5-2-6-10-16/h1-12,17,25H,13-14H2,(H2,21,22,24,26)/t17-/m1/s1. The second kappa shape index (κ2) is 8.73. The summed E-state index contributed by atoms with van der Waals surface area (Å²) in [6, 6.07) is 22.1. The van der Waals surface area contributed by atoms with Crippen LogP contribution in [0.3, 0.4) is 0 Å². The van der Waals surface area contributed by atoms with Gasteiger partial charge >= 0.3 is 6.03 Å². The highest BCUT2D eigenvalue weighted by Crippen LogP contribution is 2.18. The minimum absolute atomic E-state index is 0.0224. The summed E-state index contributed by atoms with van der Waals surface area (Å²) in [6.07, 6.45) is 0.427. The van der Waals surface area contributed by atoms with Crippen LogP contribution in [0.15, 0.2) is 72.8 Å². The predicted molar refractivity (Wildman–Crippen MR) is 101 cm³/mol. The SMILES string of the molecule is O=C(Nc1ccc(-c2ccccc2)nn1)N[C@H](CCO)c1ccccc1. The van der Waals surface area contributed by atoms with Gasteiger partial charge in [-0.25, -0.2) is 4.79 Å². The number of urea groups is 1. The molecule has 3 aromatic rings. The number of hydrogen-bond acceptors (Lipinski definition) is 4. The molecule has 3 rings (SSSR count). The van der Waals surface area contributed by atoms with Crippen LogP contribution in [-0.2, 0) is 0 Å². The van der Waals surface area contributed by atoms with Crippen LogP contribution in [0.1, 0.15) is 18.0 Å². The van der Waals surface area contributed by atoms with Crippen LogP contribution in [0.2, 0.25) is 0 Å². The molecule has 2 amide bonds. The first kappa shape index (κ1) is 17.6. The second-order valence-corrected chi connectivity index (χ2v) is 5.74. The number of carbonyl (C=O) groups is 1. The Balaban J connectivity index is 1.63. The van der Waals surface area contributed by atoms with Gasteiger partial charge in [0.1, 0.15) is 0 Å². The van der Waals surface area contributed by atoms with E-state index in [1.165, 1.54) is 0 Å². The number of aromatic nitrogens is 2. The molecule has 0 bridgehead atoms. The van der Waals surface area contributed by atoms with Crippen molar-refractivity contribution in [3.05, 3.63) is 78.4 Å². The zero-order valence-corrected chi connectivity index (χ0v) is 14.2. The van der Waals surface area contributed by atoms with Crippen LogP contribution in [0, 0.1) is 0 Å². The van der Waals surface area contributed by atoms with Gasteiger partial charge in [-0.3, -0.25) is 5.32 Å². The van der Waals surface area contributed by atoms with Crippen molar-refractivity contribution in [2.45, 2.75) is 12.5 Å². The van der Waals surface area contributed by atoms with Crippen molar-refractivity contribution in [3.63, 3.8) is 0 Å². The van der Waals surface area contributed by atoms with E-state index in [0.717, 1.165) is 16.8 Å². The monoisotopic (exact) mass is 348 g/mol. The summed E-state index contributed by atoms with van der Waals surface area (Å²) in [5.74, 6) is 0.359. The van der Waals surface area contributed by atoms with Crippen LogP contribution >= 0.6 is 0 Å². The molecule has 1 atom stereocenters.